The van der Waals surface area contributed by atoms with Gasteiger partial charge in [-0.05, 0) is 41.5 Å². The Balaban J connectivity index is 2.40. The standard InChI is InChI=1S/C10H13BrN4S/c1-6-4-8(16-10(6)11)9(12-2)7-5-13-14-15(7)3/h4-5,9,12H,1-3H3. The number of thiophene rings is 1. The molecule has 0 aliphatic carbocycles. The molecular formula is C10H13BrN4S. The van der Waals surface area contributed by atoms with Crippen LogP contribution in [0.5, 0.6) is 0 Å². The van der Waals surface area contributed by atoms with Gasteiger partial charge in [-0.2, -0.15) is 0 Å². The lowest BCUT2D eigenvalue weighted by Crippen LogP contribution is -2.19. The van der Waals surface area contributed by atoms with E-state index >= 15 is 0 Å². The molecule has 0 radical (unpaired) electrons. The molecule has 0 fully saturated rings. The summed E-state index contributed by atoms with van der Waals surface area (Å²) in [5, 5.41) is 11.2. The molecule has 0 saturated carbocycles. The third-order valence-corrected chi connectivity index (χ3v) is 4.70. The van der Waals surface area contributed by atoms with Crippen molar-refractivity contribution in [3.8, 4) is 0 Å². The van der Waals surface area contributed by atoms with Gasteiger partial charge in [-0.15, -0.1) is 16.4 Å². The minimum absolute atomic E-state index is 0.148. The number of rotatable bonds is 3. The second-order valence-corrected chi connectivity index (χ2v) is 6.01. The summed E-state index contributed by atoms with van der Waals surface area (Å²) in [4.78, 5) is 1.26. The van der Waals surface area contributed by atoms with Crippen LogP contribution in [0.4, 0.5) is 0 Å². The van der Waals surface area contributed by atoms with E-state index in [-0.39, 0.29) is 6.04 Å². The lowest BCUT2D eigenvalue weighted by Gasteiger charge is -2.13. The van der Waals surface area contributed by atoms with E-state index in [4.69, 9.17) is 0 Å². The van der Waals surface area contributed by atoms with Crippen LogP contribution in [-0.2, 0) is 7.05 Å². The normalized spacial score (nSPS) is 13.0. The number of aryl methyl sites for hydroxylation is 2. The maximum Gasteiger partial charge on any atom is 0.0856 e. The first kappa shape index (κ1) is 11.8. The first-order chi connectivity index (χ1) is 7.63. The Morgan fingerprint density at radius 1 is 1.56 bits per heavy atom. The molecule has 1 unspecified atom stereocenters. The number of hydrogen-bond donors (Lipinski definition) is 1. The molecule has 0 amide bonds. The lowest BCUT2D eigenvalue weighted by atomic mass is 10.1. The van der Waals surface area contributed by atoms with Crippen LogP contribution in [-0.4, -0.2) is 22.0 Å². The van der Waals surface area contributed by atoms with Crippen molar-refractivity contribution in [2.75, 3.05) is 7.05 Å². The highest BCUT2D eigenvalue weighted by Gasteiger charge is 2.18. The molecular weight excluding hydrogens is 288 g/mol. The fraction of sp³-hybridized carbons (Fsp3) is 0.400. The number of halogens is 1. The van der Waals surface area contributed by atoms with Crippen LogP contribution in [0.3, 0.4) is 0 Å². The quantitative estimate of drug-likeness (QED) is 0.945. The number of aromatic nitrogens is 3. The smallest absolute Gasteiger partial charge is 0.0856 e. The molecule has 0 aliphatic heterocycles. The second-order valence-electron chi connectivity index (χ2n) is 3.61. The molecule has 16 heavy (non-hydrogen) atoms. The van der Waals surface area contributed by atoms with E-state index < -0.39 is 0 Å². The summed E-state index contributed by atoms with van der Waals surface area (Å²) in [6.45, 7) is 2.10. The van der Waals surface area contributed by atoms with Crippen molar-refractivity contribution in [1.82, 2.24) is 20.3 Å². The van der Waals surface area contributed by atoms with Crippen molar-refractivity contribution >= 4 is 27.3 Å². The van der Waals surface area contributed by atoms with Crippen LogP contribution in [0.25, 0.3) is 0 Å². The zero-order valence-corrected chi connectivity index (χ0v) is 11.8. The van der Waals surface area contributed by atoms with Gasteiger partial charge in [0.05, 0.1) is 21.7 Å². The summed E-state index contributed by atoms with van der Waals surface area (Å²) in [5.41, 5.74) is 2.33. The van der Waals surface area contributed by atoms with Gasteiger partial charge in [0.25, 0.3) is 0 Å². The minimum Gasteiger partial charge on any atom is -0.307 e. The van der Waals surface area contributed by atoms with E-state index in [1.165, 1.54) is 14.2 Å². The first-order valence-corrected chi connectivity index (χ1v) is 6.52. The molecule has 2 heterocycles. The Bertz CT molecular complexity index is 471. The number of nitrogens with one attached hydrogen (secondary N) is 1. The van der Waals surface area contributed by atoms with Gasteiger partial charge in [-0.25, -0.2) is 0 Å². The van der Waals surface area contributed by atoms with Gasteiger partial charge in [0.1, 0.15) is 0 Å². The topological polar surface area (TPSA) is 42.7 Å². The van der Waals surface area contributed by atoms with Crippen LogP contribution in [0.15, 0.2) is 16.0 Å². The molecule has 2 aromatic rings. The summed E-state index contributed by atoms with van der Waals surface area (Å²) >= 11 is 5.29. The third kappa shape index (κ3) is 2.05. The van der Waals surface area contributed by atoms with Gasteiger partial charge in [0.2, 0.25) is 0 Å². The largest absolute Gasteiger partial charge is 0.307 e. The van der Waals surface area contributed by atoms with Crippen molar-refractivity contribution in [2.45, 2.75) is 13.0 Å². The predicted octanol–water partition coefficient (Wildman–Crippen LogP) is 2.26. The summed E-state index contributed by atoms with van der Waals surface area (Å²) in [7, 11) is 3.85. The fourth-order valence-electron chi connectivity index (χ4n) is 1.62. The van der Waals surface area contributed by atoms with Crippen LogP contribution < -0.4 is 5.32 Å². The van der Waals surface area contributed by atoms with Gasteiger partial charge in [0.15, 0.2) is 0 Å². The van der Waals surface area contributed by atoms with Gasteiger partial charge in [0, 0.05) is 11.9 Å². The highest BCUT2D eigenvalue weighted by Crippen LogP contribution is 2.33. The third-order valence-electron chi connectivity index (χ3n) is 2.49. The Morgan fingerprint density at radius 3 is 2.75 bits per heavy atom. The molecule has 0 saturated heterocycles. The Morgan fingerprint density at radius 2 is 2.31 bits per heavy atom. The molecule has 86 valence electrons. The first-order valence-electron chi connectivity index (χ1n) is 4.91. The fourth-order valence-corrected chi connectivity index (χ4v) is 3.31. The zero-order chi connectivity index (χ0) is 11.7. The zero-order valence-electron chi connectivity index (χ0n) is 9.36. The molecule has 6 heteroatoms. The van der Waals surface area contributed by atoms with Crippen molar-refractivity contribution in [3.05, 3.63) is 32.2 Å². The van der Waals surface area contributed by atoms with Crippen molar-refractivity contribution in [3.63, 3.8) is 0 Å². The summed E-state index contributed by atoms with van der Waals surface area (Å²) in [6.07, 6.45) is 1.80. The molecule has 0 aliphatic rings. The van der Waals surface area contributed by atoms with Crippen molar-refractivity contribution < 1.29 is 0 Å². The van der Waals surface area contributed by atoms with E-state index in [9.17, 15) is 0 Å². The van der Waals surface area contributed by atoms with Gasteiger partial charge in [-0.3, -0.25) is 4.68 Å². The van der Waals surface area contributed by atoms with E-state index in [1.807, 2.05) is 14.1 Å². The average Bonchev–Trinajstić information content (AvgIpc) is 2.78. The van der Waals surface area contributed by atoms with E-state index in [0.29, 0.717) is 0 Å². The number of hydrogen-bond acceptors (Lipinski definition) is 4. The summed E-state index contributed by atoms with van der Waals surface area (Å²) < 4.78 is 2.97. The van der Waals surface area contributed by atoms with Gasteiger partial charge >= 0.3 is 0 Å². The van der Waals surface area contributed by atoms with Crippen molar-refractivity contribution in [2.24, 2.45) is 7.05 Å². The summed E-state index contributed by atoms with van der Waals surface area (Å²) in [6, 6.07) is 2.33. The lowest BCUT2D eigenvalue weighted by molar-refractivity contribution is 0.604. The second kappa shape index (κ2) is 4.65. The number of nitrogens with zero attached hydrogens (tertiary/aromatic N) is 3. The molecule has 1 atom stereocenters. The van der Waals surface area contributed by atoms with Crippen LogP contribution in [0.1, 0.15) is 22.2 Å². The van der Waals surface area contributed by atoms with E-state index in [1.54, 1.807) is 22.2 Å². The Labute approximate surface area is 107 Å². The SMILES string of the molecule is CNC(c1cc(C)c(Br)s1)c1cnnn1C. The van der Waals surface area contributed by atoms with Gasteiger partial charge in [-0.1, -0.05) is 5.21 Å². The molecule has 0 spiro atoms. The maximum absolute atomic E-state index is 3.96. The van der Waals surface area contributed by atoms with E-state index in [0.717, 1.165) is 5.69 Å². The summed E-state index contributed by atoms with van der Waals surface area (Å²) in [5.74, 6) is 0. The average molecular weight is 301 g/mol. The Kier molecular flexibility index (Phi) is 3.41. The monoisotopic (exact) mass is 300 g/mol. The predicted molar refractivity (Wildman–Crippen MR) is 68.7 cm³/mol. The van der Waals surface area contributed by atoms with Crippen LogP contribution in [0, 0.1) is 6.92 Å². The molecule has 0 aromatic carbocycles. The maximum atomic E-state index is 3.96. The van der Waals surface area contributed by atoms with Crippen molar-refractivity contribution in [1.29, 1.82) is 0 Å². The highest BCUT2D eigenvalue weighted by atomic mass is 79.9. The molecule has 0 bridgehead atoms. The molecule has 2 rings (SSSR count). The molecule has 1 N–H and O–H groups in total. The van der Waals surface area contributed by atoms with E-state index in [2.05, 4.69) is 44.5 Å². The molecule has 4 nitrogen and oxygen atoms in total. The van der Waals surface area contributed by atoms with Gasteiger partial charge < -0.3 is 5.32 Å². The molecule has 2 aromatic heterocycles. The highest BCUT2D eigenvalue weighted by molar-refractivity contribution is 9.11. The Hall–Kier alpha value is -0.720. The van der Waals surface area contributed by atoms with Crippen LogP contribution >= 0.6 is 27.3 Å². The minimum atomic E-state index is 0.148. The van der Waals surface area contributed by atoms with Crippen LogP contribution in [0.2, 0.25) is 0 Å².